The summed E-state index contributed by atoms with van der Waals surface area (Å²) in [7, 11) is 0. The van der Waals surface area contributed by atoms with Crippen LogP contribution in [0.1, 0.15) is 37.9 Å². The molecule has 2 aromatic heterocycles. The molecule has 1 saturated carbocycles. The maximum Gasteiger partial charge on any atom is 0.175 e. The van der Waals surface area contributed by atoms with E-state index in [-0.39, 0.29) is 0 Å². The van der Waals surface area contributed by atoms with Gasteiger partial charge >= 0.3 is 0 Å². The number of anilines is 1. The van der Waals surface area contributed by atoms with Gasteiger partial charge in [0.15, 0.2) is 11.6 Å². The van der Waals surface area contributed by atoms with Crippen molar-refractivity contribution in [1.82, 2.24) is 5.16 Å². The Hall–Kier alpha value is -1.29. The first-order chi connectivity index (χ1) is 8.27. The van der Waals surface area contributed by atoms with Crippen LogP contribution >= 0.6 is 11.3 Å². The third-order valence-corrected chi connectivity index (χ3v) is 4.60. The molecule has 1 aliphatic rings. The van der Waals surface area contributed by atoms with Crippen molar-refractivity contribution >= 4 is 17.2 Å². The molecular formula is C13H16N2OS. The number of hydrogen-bond donors (Lipinski definition) is 1. The number of nitrogens with zero attached hydrogens (tertiary/aromatic N) is 1. The second-order valence-corrected chi connectivity index (χ2v) is 5.75. The van der Waals surface area contributed by atoms with Crippen molar-refractivity contribution in [3.05, 3.63) is 23.3 Å². The molecule has 4 heteroatoms. The first kappa shape index (κ1) is 10.8. The SMILES string of the molecule is CC1CCCC1c1onc(N)c1-c1cccs1. The minimum absolute atomic E-state index is 0.483. The van der Waals surface area contributed by atoms with E-state index in [1.807, 2.05) is 6.07 Å². The van der Waals surface area contributed by atoms with Gasteiger partial charge in [-0.2, -0.15) is 0 Å². The quantitative estimate of drug-likeness (QED) is 0.877. The van der Waals surface area contributed by atoms with E-state index in [1.54, 1.807) is 11.3 Å². The Balaban J connectivity index is 2.06. The topological polar surface area (TPSA) is 52.0 Å². The van der Waals surface area contributed by atoms with Gasteiger partial charge in [-0.3, -0.25) is 0 Å². The molecule has 0 aromatic carbocycles. The maximum atomic E-state index is 5.95. The fraction of sp³-hybridized carbons (Fsp3) is 0.462. The van der Waals surface area contributed by atoms with Crippen LogP contribution in [0.15, 0.2) is 22.0 Å². The Morgan fingerprint density at radius 1 is 1.47 bits per heavy atom. The molecule has 2 aromatic rings. The van der Waals surface area contributed by atoms with Crippen LogP contribution in [0.25, 0.3) is 10.4 Å². The molecule has 2 heterocycles. The molecule has 0 aliphatic heterocycles. The molecule has 3 rings (SSSR count). The van der Waals surface area contributed by atoms with Gasteiger partial charge in [0.25, 0.3) is 0 Å². The van der Waals surface area contributed by atoms with Crippen LogP contribution < -0.4 is 5.73 Å². The Kier molecular flexibility index (Phi) is 2.67. The van der Waals surface area contributed by atoms with Crippen LogP contribution in [-0.4, -0.2) is 5.16 Å². The zero-order valence-electron chi connectivity index (χ0n) is 9.85. The highest BCUT2D eigenvalue weighted by Gasteiger charge is 2.32. The number of nitrogen functional groups attached to an aromatic ring is 1. The number of aromatic nitrogens is 1. The molecule has 0 bridgehead atoms. The van der Waals surface area contributed by atoms with Crippen LogP contribution in [0.4, 0.5) is 5.82 Å². The van der Waals surface area contributed by atoms with Gasteiger partial charge in [0.1, 0.15) is 0 Å². The van der Waals surface area contributed by atoms with E-state index in [0.717, 1.165) is 16.2 Å². The van der Waals surface area contributed by atoms with E-state index in [2.05, 4.69) is 23.5 Å². The number of nitrogens with two attached hydrogens (primary N) is 1. The molecule has 0 spiro atoms. The van der Waals surface area contributed by atoms with Crippen molar-refractivity contribution < 1.29 is 4.52 Å². The van der Waals surface area contributed by atoms with Crippen molar-refractivity contribution in [2.45, 2.75) is 32.1 Å². The Morgan fingerprint density at radius 3 is 3.00 bits per heavy atom. The van der Waals surface area contributed by atoms with Crippen LogP contribution in [0.5, 0.6) is 0 Å². The van der Waals surface area contributed by atoms with Gasteiger partial charge < -0.3 is 10.3 Å². The lowest BCUT2D eigenvalue weighted by molar-refractivity contribution is 0.341. The number of rotatable bonds is 2. The lowest BCUT2D eigenvalue weighted by Crippen LogP contribution is -2.02. The summed E-state index contributed by atoms with van der Waals surface area (Å²) in [4.78, 5) is 1.16. The highest BCUT2D eigenvalue weighted by molar-refractivity contribution is 7.13. The van der Waals surface area contributed by atoms with Crippen molar-refractivity contribution in [1.29, 1.82) is 0 Å². The van der Waals surface area contributed by atoms with E-state index < -0.39 is 0 Å². The van der Waals surface area contributed by atoms with Crippen molar-refractivity contribution in [3.8, 4) is 10.4 Å². The molecule has 2 unspecified atom stereocenters. The van der Waals surface area contributed by atoms with Crippen molar-refractivity contribution in [2.75, 3.05) is 5.73 Å². The molecular weight excluding hydrogens is 232 g/mol. The summed E-state index contributed by atoms with van der Waals surface area (Å²) in [6, 6.07) is 4.12. The monoisotopic (exact) mass is 248 g/mol. The smallest absolute Gasteiger partial charge is 0.175 e. The predicted molar refractivity (Wildman–Crippen MR) is 70.0 cm³/mol. The summed E-state index contributed by atoms with van der Waals surface area (Å²) >= 11 is 1.69. The molecule has 3 nitrogen and oxygen atoms in total. The summed E-state index contributed by atoms with van der Waals surface area (Å²) < 4.78 is 5.51. The average Bonchev–Trinajstić information content (AvgIpc) is 2.98. The summed E-state index contributed by atoms with van der Waals surface area (Å²) in [6.07, 6.45) is 3.74. The average molecular weight is 248 g/mol. The Morgan fingerprint density at radius 2 is 2.35 bits per heavy atom. The number of hydrogen-bond acceptors (Lipinski definition) is 4. The van der Waals surface area contributed by atoms with Gasteiger partial charge in [-0.1, -0.05) is 24.6 Å². The molecule has 90 valence electrons. The normalized spacial score (nSPS) is 24.3. The molecule has 2 atom stereocenters. The van der Waals surface area contributed by atoms with Gasteiger partial charge in [0, 0.05) is 10.8 Å². The Bertz CT molecular complexity index is 503. The van der Waals surface area contributed by atoms with Gasteiger partial charge in [-0.15, -0.1) is 11.3 Å². The van der Waals surface area contributed by atoms with E-state index in [0.29, 0.717) is 17.7 Å². The molecule has 17 heavy (non-hydrogen) atoms. The van der Waals surface area contributed by atoms with Gasteiger partial charge in [0.05, 0.1) is 5.56 Å². The third kappa shape index (κ3) is 1.76. The van der Waals surface area contributed by atoms with Crippen LogP contribution in [-0.2, 0) is 0 Å². The van der Waals surface area contributed by atoms with E-state index in [4.69, 9.17) is 10.3 Å². The highest BCUT2D eigenvalue weighted by atomic mass is 32.1. The zero-order chi connectivity index (χ0) is 11.8. The lowest BCUT2D eigenvalue weighted by atomic mass is 9.92. The molecule has 0 radical (unpaired) electrons. The van der Waals surface area contributed by atoms with E-state index >= 15 is 0 Å². The zero-order valence-corrected chi connectivity index (χ0v) is 10.7. The summed E-state index contributed by atoms with van der Waals surface area (Å²) in [6.45, 7) is 2.29. The van der Waals surface area contributed by atoms with Gasteiger partial charge in [-0.25, -0.2) is 0 Å². The predicted octanol–water partition coefficient (Wildman–Crippen LogP) is 3.89. The fourth-order valence-electron chi connectivity index (χ4n) is 2.77. The second-order valence-electron chi connectivity index (χ2n) is 4.80. The highest BCUT2D eigenvalue weighted by Crippen LogP contribution is 2.45. The summed E-state index contributed by atoms with van der Waals surface area (Å²) in [5.74, 6) is 2.68. The molecule has 0 saturated heterocycles. The van der Waals surface area contributed by atoms with Crippen LogP contribution in [0.3, 0.4) is 0 Å². The van der Waals surface area contributed by atoms with Crippen molar-refractivity contribution in [3.63, 3.8) is 0 Å². The van der Waals surface area contributed by atoms with Crippen molar-refractivity contribution in [2.24, 2.45) is 5.92 Å². The van der Waals surface area contributed by atoms with Crippen LogP contribution in [0, 0.1) is 5.92 Å². The van der Waals surface area contributed by atoms with Gasteiger partial charge in [-0.05, 0) is 30.2 Å². The Labute approximate surface area is 105 Å². The second kappa shape index (κ2) is 4.18. The minimum atomic E-state index is 0.483. The summed E-state index contributed by atoms with van der Waals surface area (Å²) in [5, 5.41) is 6.02. The first-order valence-corrected chi connectivity index (χ1v) is 6.94. The maximum absolute atomic E-state index is 5.95. The first-order valence-electron chi connectivity index (χ1n) is 6.06. The van der Waals surface area contributed by atoms with E-state index in [9.17, 15) is 0 Å². The largest absolute Gasteiger partial charge is 0.380 e. The van der Waals surface area contributed by atoms with E-state index in [1.165, 1.54) is 19.3 Å². The molecule has 0 amide bonds. The summed E-state index contributed by atoms with van der Waals surface area (Å²) in [5.41, 5.74) is 6.97. The minimum Gasteiger partial charge on any atom is -0.380 e. The third-order valence-electron chi connectivity index (χ3n) is 3.71. The molecule has 1 fully saturated rings. The van der Waals surface area contributed by atoms with Gasteiger partial charge in [0.2, 0.25) is 0 Å². The molecule has 2 N–H and O–H groups in total. The number of thiophene rings is 1. The fourth-order valence-corrected chi connectivity index (χ4v) is 3.56. The lowest BCUT2D eigenvalue weighted by Gasteiger charge is -2.12. The van der Waals surface area contributed by atoms with Crippen LogP contribution in [0.2, 0.25) is 0 Å². The standard InChI is InChI=1S/C13H16N2OS/c1-8-4-2-5-9(8)12-11(13(14)15-16-12)10-6-3-7-17-10/h3,6-9H,2,4-5H2,1H3,(H2,14,15). The molecule has 1 aliphatic carbocycles.